The van der Waals surface area contributed by atoms with Gasteiger partial charge in [0.25, 0.3) is 5.91 Å². The first kappa shape index (κ1) is 19.0. The van der Waals surface area contributed by atoms with Crippen LogP contribution in [-0.4, -0.2) is 49.1 Å². The van der Waals surface area contributed by atoms with Crippen LogP contribution in [0.25, 0.3) is 0 Å². The third kappa shape index (κ3) is 4.02. The van der Waals surface area contributed by atoms with Gasteiger partial charge in [-0.2, -0.15) is 0 Å². The highest BCUT2D eigenvalue weighted by Crippen LogP contribution is 2.39. The first-order valence-corrected chi connectivity index (χ1v) is 8.30. The van der Waals surface area contributed by atoms with Crippen molar-refractivity contribution in [2.75, 3.05) is 27.4 Å². The molecule has 0 radical (unpaired) electrons. The molecule has 6 nitrogen and oxygen atoms in total. The van der Waals surface area contributed by atoms with E-state index >= 15 is 0 Å². The van der Waals surface area contributed by atoms with Gasteiger partial charge in [-0.1, -0.05) is 26.0 Å². The van der Waals surface area contributed by atoms with Crippen LogP contribution in [-0.2, 0) is 14.3 Å². The molecule has 1 aliphatic rings. The number of rotatable bonds is 8. The summed E-state index contributed by atoms with van der Waals surface area (Å²) in [6, 6.07) is 6.55. The molecule has 1 heterocycles. The van der Waals surface area contributed by atoms with E-state index in [1.165, 1.54) is 4.90 Å². The number of carbonyl (C=O) groups is 2. The number of aliphatic hydroxyl groups excluding tert-OH is 1. The number of methoxy groups -OCH3 is 2. The van der Waals surface area contributed by atoms with E-state index in [4.69, 9.17) is 9.47 Å². The molecule has 0 spiro atoms. The number of amides is 1. The van der Waals surface area contributed by atoms with Crippen LogP contribution in [0.15, 0.2) is 35.6 Å². The monoisotopic (exact) mass is 347 g/mol. The smallest absolute Gasteiger partial charge is 0.290 e. The fourth-order valence-corrected chi connectivity index (χ4v) is 3.00. The number of hydrogen-bond acceptors (Lipinski definition) is 5. The molecule has 6 heteroatoms. The lowest BCUT2D eigenvalue weighted by atomic mass is 9.92. The normalized spacial score (nSPS) is 17.6. The average molecular weight is 347 g/mol. The van der Waals surface area contributed by atoms with Gasteiger partial charge in [0.05, 0.1) is 25.3 Å². The Morgan fingerprint density at radius 1 is 1.32 bits per heavy atom. The fraction of sp³-hybridized carbons (Fsp3) is 0.474. The minimum Gasteiger partial charge on any atom is -0.503 e. The van der Waals surface area contributed by atoms with Gasteiger partial charge in [0.15, 0.2) is 11.5 Å². The molecule has 0 aromatic heterocycles. The third-order valence-electron chi connectivity index (χ3n) is 4.14. The standard InChI is InChI=1S/C19H25NO5/c1-12(2)10-15(21)16-17(13-6-5-7-14(11-13)25-4)20(8-9-24-3)19(23)18(16)22/h5-7,11-12,17,22H,8-10H2,1-4H3. The highest BCUT2D eigenvalue weighted by atomic mass is 16.5. The van der Waals surface area contributed by atoms with Gasteiger partial charge < -0.3 is 19.5 Å². The lowest BCUT2D eigenvalue weighted by Gasteiger charge is -2.27. The Bertz CT molecular complexity index is 680. The van der Waals surface area contributed by atoms with Crippen LogP contribution >= 0.6 is 0 Å². The lowest BCUT2D eigenvalue weighted by molar-refractivity contribution is -0.130. The van der Waals surface area contributed by atoms with E-state index in [-0.39, 0.29) is 30.2 Å². The maximum absolute atomic E-state index is 12.7. The van der Waals surface area contributed by atoms with Crippen molar-refractivity contribution in [2.45, 2.75) is 26.3 Å². The second-order valence-corrected chi connectivity index (χ2v) is 6.45. The molecule has 1 aliphatic heterocycles. The summed E-state index contributed by atoms with van der Waals surface area (Å²) in [7, 11) is 3.10. The van der Waals surface area contributed by atoms with Crippen molar-refractivity contribution in [1.29, 1.82) is 0 Å². The molecule has 2 rings (SSSR count). The number of nitrogens with zero attached hydrogens (tertiary/aromatic N) is 1. The summed E-state index contributed by atoms with van der Waals surface area (Å²) in [4.78, 5) is 26.7. The van der Waals surface area contributed by atoms with Crippen LogP contribution in [0.2, 0.25) is 0 Å². The summed E-state index contributed by atoms with van der Waals surface area (Å²) in [6.45, 7) is 4.44. The van der Waals surface area contributed by atoms with Gasteiger partial charge in [-0.15, -0.1) is 0 Å². The molecule has 1 aromatic rings. The molecule has 25 heavy (non-hydrogen) atoms. The van der Waals surface area contributed by atoms with Crippen molar-refractivity contribution in [3.05, 3.63) is 41.2 Å². The molecule has 0 aliphatic carbocycles. The summed E-state index contributed by atoms with van der Waals surface area (Å²) in [6.07, 6.45) is 0.269. The zero-order chi connectivity index (χ0) is 18.6. The van der Waals surface area contributed by atoms with E-state index in [0.29, 0.717) is 12.4 Å². The first-order valence-electron chi connectivity index (χ1n) is 8.30. The molecular weight excluding hydrogens is 322 g/mol. The first-order chi connectivity index (χ1) is 11.9. The number of aliphatic hydroxyl groups is 1. The third-order valence-corrected chi connectivity index (χ3v) is 4.14. The molecule has 0 fully saturated rings. The molecule has 1 atom stereocenters. The van der Waals surface area contributed by atoms with E-state index in [9.17, 15) is 14.7 Å². The number of carbonyl (C=O) groups excluding carboxylic acids is 2. The Labute approximate surface area is 148 Å². The number of benzene rings is 1. The SMILES string of the molecule is COCCN1C(=O)C(O)=C(C(=O)CC(C)C)C1c1cccc(OC)c1. The van der Waals surface area contributed by atoms with Crippen LogP contribution in [0.5, 0.6) is 5.75 Å². The van der Waals surface area contributed by atoms with E-state index in [1.807, 2.05) is 19.9 Å². The Morgan fingerprint density at radius 2 is 2.04 bits per heavy atom. The molecule has 1 N–H and O–H groups in total. The van der Waals surface area contributed by atoms with Gasteiger partial charge in [0, 0.05) is 20.1 Å². The molecular formula is C19H25NO5. The molecule has 0 saturated heterocycles. The van der Waals surface area contributed by atoms with E-state index in [1.54, 1.807) is 32.4 Å². The van der Waals surface area contributed by atoms with Crippen LogP contribution in [0.1, 0.15) is 31.9 Å². The number of hydrogen-bond donors (Lipinski definition) is 1. The van der Waals surface area contributed by atoms with Crippen LogP contribution in [0.3, 0.4) is 0 Å². The van der Waals surface area contributed by atoms with Crippen LogP contribution < -0.4 is 4.74 Å². The topological polar surface area (TPSA) is 76.1 Å². The Hall–Kier alpha value is -2.34. The van der Waals surface area contributed by atoms with E-state index in [0.717, 1.165) is 5.56 Å². The molecule has 0 saturated carbocycles. The van der Waals surface area contributed by atoms with Crippen molar-refractivity contribution in [3.63, 3.8) is 0 Å². The van der Waals surface area contributed by atoms with Crippen LogP contribution in [0, 0.1) is 5.92 Å². The summed E-state index contributed by atoms with van der Waals surface area (Å²) < 4.78 is 10.3. The molecule has 1 unspecified atom stereocenters. The molecule has 1 amide bonds. The quantitative estimate of drug-likeness (QED) is 0.782. The van der Waals surface area contributed by atoms with Gasteiger partial charge in [0.2, 0.25) is 0 Å². The highest BCUT2D eigenvalue weighted by molar-refractivity contribution is 6.09. The van der Waals surface area contributed by atoms with Gasteiger partial charge in [-0.25, -0.2) is 0 Å². The minimum atomic E-state index is -0.635. The Kier molecular flexibility index (Phi) is 6.20. The molecule has 1 aromatic carbocycles. The summed E-state index contributed by atoms with van der Waals surface area (Å²) in [5.41, 5.74) is 0.878. The summed E-state index contributed by atoms with van der Waals surface area (Å²) in [5.74, 6) is -0.472. The second kappa shape index (κ2) is 8.16. The van der Waals surface area contributed by atoms with Gasteiger partial charge >= 0.3 is 0 Å². The zero-order valence-electron chi connectivity index (χ0n) is 15.1. The van der Waals surface area contributed by atoms with E-state index < -0.39 is 17.7 Å². The van der Waals surface area contributed by atoms with Gasteiger partial charge in [-0.05, 0) is 23.6 Å². The number of ether oxygens (including phenoxy) is 2. The van der Waals surface area contributed by atoms with E-state index in [2.05, 4.69) is 0 Å². The molecule has 136 valence electrons. The van der Waals surface area contributed by atoms with Gasteiger partial charge in [-0.3, -0.25) is 9.59 Å². The van der Waals surface area contributed by atoms with Crippen LogP contribution in [0.4, 0.5) is 0 Å². The maximum atomic E-state index is 12.7. The van der Waals surface area contributed by atoms with Gasteiger partial charge in [0.1, 0.15) is 5.75 Å². The maximum Gasteiger partial charge on any atom is 0.290 e. The van der Waals surface area contributed by atoms with Crippen molar-refractivity contribution >= 4 is 11.7 Å². The predicted octanol–water partition coefficient (Wildman–Crippen LogP) is 2.65. The average Bonchev–Trinajstić information content (AvgIpc) is 2.84. The van der Waals surface area contributed by atoms with Crippen molar-refractivity contribution in [3.8, 4) is 5.75 Å². The minimum absolute atomic E-state index is 0.127. The van der Waals surface area contributed by atoms with Crippen molar-refractivity contribution < 1.29 is 24.2 Å². The van der Waals surface area contributed by atoms with Crippen molar-refractivity contribution in [2.24, 2.45) is 5.92 Å². The Morgan fingerprint density at radius 3 is 2.64 bits per heavy atom. The zero-order valence-corrected chi connectivity index (χ0v) is 15.1. The Balaban J connectivity index is 2.48. The number of ketones is 1. The second-order valence-electron chi connectivity index (χ2n) is 6.45. The predicted molar refractivity (Wildman–Crippen MR) is 93.4 cm³/mol. The molecule has 0 bridgehead atoms. The summed E-state index contributed by atoms with van der Waals surface area (Å²) in [5, 5.41) is 10.4. The lowest BCUT2D eigenvalue weighted by Crippen LogP contribution is -2.34. The fourth-order valence-electron chi connectivity index (χ4n) is 3.00. The van der Waals surface area contributed by atoms with Crippen molar-refractivity contribution in [1.82, 2.24) is 4.90 Å². The largest absolute Gasteiger partial charge is 0.503 e. The summed E-state index contributed by atoms with van der Waals surface area (Å²) >= 11 is 0. The highest BCUT2D eigenvalue weighted by Gasteiger charge is 2.43. The number of Topliss-reactive ketones (excluding diaryl/α,β-unsaturated/α-hetero) is 1.